The molecule has 5 heteroatoms. The summed E-state index contributed by atoms with van der Waals surface area (Å²) < 4.78 is 2.09. The number of nitrogens with zero attached hydrogens (tertiary/aromatic N) is 2. The normalized spacial score (nSPS) is 15.1. The Balaban J connectivity index is 1.68. The summed E-state index contributed by atoms with van der Waals surface area (Å²) in [6.45, 7) is 4.38. The van der Waals surface area contributed by atoms with Crippen molar-refractivity contribution in [1.29, 1.82) is 0 Å². The summed E-state index contributed by atoms with van der Waals surface area (Å²) in [5.74, 6) is 0.961. The maximum absolute atomic E-state index is 12.1. The Kier molecular flexibility index (Phi) is 5.61. The number of hydrogen-bond donors (Lipinski definition) is 1. The van der Waals surface area contributed by atoms with E-state index in [-0.39, 0.29) is 5.91 Å². The largest absolute Gasteiger partial charge is 0.353 e. The Morgan fingerprint density at radius 1 is 1.33 bits per heavy atom. The fourth-order valence-electron chi connectivity index (χ4n) is 3.24. The zero-order valence-corrected chi connectivity index (χ0v) is 15.2. The maximum atomic E-state index is 12.1. The minimum Gasteiger partial charge on any atom is -0.353 e. The summed E-state index contributed by atoms with van der Waals surface area (Å²) >= 11 is 1.50. The predicted molar refractivity (Wildman–Crippen MR) is 98.8 cm³/mol. The first-order valence-corrected chi connectivity index (χ1v) is 9.68. The number of aromatic nitrogens is 2. The first-order chi connectivity index (χ1) is 11.6. The second kappa shape index (κ2) is 7.88. The Morgan fingerprint density at radius 2 is 2.08 bits per heavy atom. The molecule has 1 amide bonds. The van der Waals surface area contributed by atoms with Gasteiger partial charge in [0.25, 0.3) is 0 Å². The van der Waals surface area contributed by atoms with Gasteiger partial charge in [-0.25, -0.2) is 4.98 Å². The van der Waals surface area contributed by atoms with Crippen LogP contribution in [0.15, 0.2) is 41.8 Å². The van der Waals surface area contributed by atoms with E-state index >= 15 is 0 Å². The van der Waals surface area contributed by atoms with Crippen molar-refractivity contribution in [3.8, 4) is 5.69 Å². The van der Waals surface area contributed by atoms with Crippen molar-refractivity contribution in [3.05, 3.63) is 42.2 Å². The van der Waals surface area contributed by atoms with Gasteiger partial charge in [0.1, 0.15) is 0 Å². The monoisotopic (exact) mass is 343 g/mol. The summed E-state index contributed by atoms with van der Waals surface area (Å²) in [5, 5.41) is 4.00. The van der Waals surface area contributed by atoms with Crippen LogP contribution in [0.25, 0.3) is 5.69 Å². The van der Waals surface area contributed by atoms with Crippen LogP contribution in [-0.4, -0.2) is 27.3 Å². The highest BCUT2D eigenvalue weighted by Crippen LogP contribution is 2.27. The number of hydrogen-bond acceptors (Lipinski definition) is 3. The third-order valence-electron chi connectivity index (χ3n) is 4.48. The van der Waals surface area contributed by atoms with Gasteiger partial charge in [0.15, 0.2) is 5.16 Å². The van der Waals surface area contributed by atoms with Crippen molar-refractivity contribution in [1.82, 2.24) is 14.9 Å². The molecule has 1 fully saturated rings. The minimum absolute atomic E-state index is 0.110. The first-order valence-electron chi connectivity index (χ1n) is 8.70. The predicted octanol–water partition coefficient (Wildman–Crippen LogP) is 4.15. The number of amides is 1. The van der Waals surface area contributed by atoms with Crippen molar-refractivity contribution < 1.29 is 4.79 Å². The highest BCUT2D eigenvalue weighted by atomic mass is 32.2. The van der Waals surface area contributed by atoms with Gasteiger partial charge in [-0.05, 0) is 30.4 Å². The van der Waals surface area contributed by atoms with Gasteiger partial charge in [0, 0.05) is 18.4 Å². The van der Waals surface area contributed by atoms with Crippen LogP contribution < -0.4 is 5.32 Å². The molecule has 1 aromatic heterocycles. The lowest BCUT2D eigenvalue weighted by molar-refractivity contribution is -0.119. The molecule has 1 aliphatic rings. The molecule has 0 bridgehead atoms. The number of benzene rings is 1. The molecule has 4 nitrogen and oxygen atoms in total. The number of thioether (sulfide) groups is 1. The van der Waals surface area contributed by atoms with Crippen LogP contribution in [0.4, 0.5) is 0 Å². The number of imidazole rings is 1. The molecule has 1 heterocycles. The Bertz CT molecular complexity index is 689. The molecule has 0 aliphatic heterocycles. The summed E-state index contributed by atoms with van der Waals surface area (Å²) in [6.07, 6.45) is 8.47. The molecule has 1 saturated carbocycles. The van der Waals surface area contributed by atoms with E-state index in [0.717, 1.165) is 23.7 Å². The molecule has 24 heavy (non-hydrogen) atoms. The standard InChI is InChI=1S/C19H25N3OS/c1-14(2)16-9-5-6-10-17(16)22-12-11-20-19(22)24-13-18(23)21-15-7-3-4-8-15/h5-6,9-12,14-15H,3-4,7-8,13H2,1-2H3,(H,21,23). The summed E-state index contributed by atoms with van der Waals surface area (Å²) in [7, 11) is 0. The van der Waals surface area contributed by atoms with Crippen LogP contribution in [0.3, 0.4) is 0 Å². The third-order valence-corrected chi connectivity index (χ3v) is 5.44. The van der Waals surface area contributed by atoms with Crippen molar-refractivity contribution >= 4 is 17.7 Å². The molecule has 3 rings (SSSR count). The van der Waals surface area contributed by atoms with Crippen molar-refractivity contribution in [3.63, 3.8) is 0 Å². The van der Waals surface area contributed by atoms with E-state index < -0.39 is 0 Å². The van der Waals surface area contributed by atoms with E-state index in [4.69, 9.17) is 0 Å². The summed E-state index contributed by atoms with van der Waals surface area (Å²) in [5.41, 5.74) is 2.43. The van der Waals surface area contributed by atoms with Gasteiger partial charge in [-0.1, -0.05) is 56.7 Å². The highest BCUT2D eigenvalue weighted by molar-refractivity contribution is 7.99. The van der Waals surface area contributed by atoms with E-state index in [9.17, 15) is 4.79 Å². The van der Waals surface area contributed by atoms with Gasteiger partial charge < -0.3 is 5.32 Å². The average Bonchev–Trinajstić information content (AvgIpc) is 3.24. The quantitative estimate of drug-likeness (QED) is 0.802. The van der Waals surface area contributed by atoms with Crippen LogP contribution in [0, 0.1) is 0 Å². The SMILES string of the molecule is CC(C)c1ccccc1-n1ccnc1SCC(=O)NC1CCCC1. The molecule has 2 aromatic rings. The van der Waals surface area contributed by atoms with Crippen molar-refractivity contribution in [2.75, 3.05) is 5.75 Å². The smallest absolute Gasteiger partial charge is 0.230 e. The lowest BCUT2D eigenvalue weighted by Crippen LogP contribution is -2.33. The van der Waals surface area contributed by atoms with Crippen LogP contribution in [0.2, 0.25) is 0 Å². The van der Waals surface area contributed by atoms with Gasteiger partial charge in [0.05, 0.1) is 11.4 Å². The Morgan fingerprint density at radius 3 is 2.83 bits per heavy atom. The lowest BCUT2D eigenvalue weighted by Gasteiger charge is -2.15. The number of carbonyl (C=O) groups excluding carboxylic acids is 1. The molecule has 128 valence electrons. The zero-order valence-electron chi connectivity index (χ0n) is 14.4. The maximum Gasteiger partial charge on any atom is 0.230 e. The zero-order chi connectivity index (χ0) is 16.9. The molecule has 0 unspecified atom stereocenters. The van der Waals surface area contributed by atoms with E-state index in [2.05, 4.69) is 46.9 Å². The number of para-hydroxylation sites is 1. The molecule has 0 spiro atoms. The fraction of sp³-hybridized carbons (Fsp3) is 0.474. The van der Waals surface area contributed by atoms with Crippen molar-refractivity contribution in [2.45, 2.75) is 56.6 Å². The molecular formula is C19H25N3OS. The Hall–Kier alpha value is -1.75. The molecule has 1 N–H and O–H groups in total. The van der Waals surface area contributed by atoms with Gasteiger partial charge >= 0.3 is 0 Å². The second-order valence-electron chi connectivity index (χ2n) is 6.63. The van der Waals surface area contributed by atoms with Crippen LogP contribution in [0.1, 0.15) is 51.0 Å². The molecule has 1 aromatic carbocycles. The number of nitrogens with one attached hydrogen (secondary N) is 1. The minimum atomic E-state index is 0.110. The van der Waals surface area contributed by atoms with Crippen LogP contribution in [0.5, 0.6) is 0 Å². The summed E-state index contributed by atoms with van der Waals surface area (Å²) in [6, 6.07) is 8.75. The van der Waals surface area contributed by atoms with E-state index in [0.29, 0.717) is 17.7 Å². The fourth-order valence-corrected chi connectivity index (χ4v) is 4.02. The van der Waals surface area contributed by atoms with E-state index in [1.54, 1.807) is 6.20 Å². The average molecular weight is 343 g/mol. The first kappa shape index (κ1) is 17.1. The molecule has 0 radical (unpaired) electrons. The summed E-state index contributed by atoms with van der Waals surface area (Å²) in [4.78, 5) is 16.6. The van der Waals surface area contributed by atoms with Gasteiger partial charge in [-0.2, -0.15) is 0 Å². The Labute approximate surface area is 148 Å². The number of carbonyl (C=O) groups is 1. The van der Waals surface area contributed by atoms with Crippen LogP contribution in [-0.2, 0) is 4.79 Å². The van der Waals surface area contributed by atoms with Gasteiger partial charge in [-0.15, -0.1) is 0 Å². The third kappa shape index (κ3) is 4.01. The molecular weight excluding hydrogens is 318 g/mol. The molecule has 0 saturated heterocycles. The topological polar surface area (TPSA) is 46.9 Å². The van der Waals surface area contributed by atoms with E-state index in [1.165, 1.54) is 30.2 Å². The molecule has 1 aliphatic carbocycles. The lowest BCUT2D eigenvalue weighted by atomic mass is 10.0. The van der Waals surface area contributed by atoms with E-state index in [1.807, 2.05) is 12.3 Å². The second-order valence-corrected chi connectivity index (χ2v) is 7.57. The number of rotatable bonds is 6. The van der Waals surface area contributed by atoms with Crippen LogP contribution >= 0.6 is 11.8 Å². The van der Waals surface area contributed by atoms with Crippen molar-refractivity contribution in [2.24, 2.45) is 0 Å². The highest BCUT2D eigenvalue weighted by Gasteiger charge is 2.18. The van der Waals surface area contributed by atoms with Gasteiger partial charge in [0.2, 0.25) is 5.91 Å². The molecule has 0 atom stereocenters. The van der Waals surface area contributed by atoms with Gasteiger partial charge in [-0.3, -0.25) is 9.36 Å².